The lowest BCUT2D eigenvalue weighted by molar-refractivity contribution is 0.332. The van der Waals surface area contributed by atoms with Crippen LogP contribution in [0.15, 0.2) is 29.3 Å². The number of rotatable bonds is 3. The summed E-state index contributed by atoms with van der Waals surface area (Å²) in [7, 11) is 0. The van der Waals surface area contributed by atoms with E-state index in [2.05, 4.69) is 58.9 Å². The van der Waals surface area contributed by atoms with Crippen LogP contribution in [-0.2, 0) is 10.8 Å². The van der Waals surface area contributed by atoms with Crippen LogP contribution in [0, 0.1) is 11.8 Å². The summed E-state index contributed by atoms with van der Waals surface area (Å²) in [6, 6.07) is 7.22. The van der Waals surface area contributed by atoms with Crippen LogP contribution < -0.4 is 0 Å². The van der Waals surface area contributed by atoms with E-state index in [0.29, 0.717) is 5.92 Å². The van der Waals surface area contributed by atoms with Gasteiger partial charge < -0.3 is 0 Å². The topological polar surface area (TPSA) is 12.4 Å². The molecule has 1 aliphatic heterocycles. The third-order valence-corrected chi connectivity index (χ3v) is 7.60. The maximum absolute atomic E-state index is 5.25. The molecule has 1 fully saturated rings. The van der Waals surface area contributed by atoms with Crippen LogP contribution in [0.5, 0.6) is 0 Å². The lowest BCUT2D eigenvalue weighted by Crippen LogP contribution is -2.33. The van der Waals surface area contributed by atoms with Crippen LogP contribution in [0.2, 0.25) is 0 Å². The summed E-state index contributed by atoms with van der Waals surface area (Å²) in [4.78, 5) is 5.25. The molecule has 1 saturated carbocycles. The summed E-state index contributed by atoms with van der Waals surface area (Å²) in [5.74, 6) is 1.29. The van der Waals surface area contributed by atoms with Crippen LogP contribution in [0.3, 0.4) is 0 Å². The van der Waals surface area contributed by atoms with Gasteiger partial charge in [-0.05, 0) is 72.1 Å². The lowest BCUT2D eigenvalue weighted by atomic mass is 9.63. The van der Waals surface area contributed by atoms with E-state index >= 15 is 0 Å². The van der Waals surface area contributed by atoms with Crippen LogP contribution in [0.4, 0.5) is 0 Å². The zero-order valence-electron chi connectivity index (χ0n) is 18.1. The standard InChI is InChI=1S/C26H37N/c1-6-18-17-23(27-24(18)19-10-8-7-9-11-19)20-12-13-21-22(16-20)26(4,5)15-14-25(21,2)3/h12-13,16-19H,6-11,14-15H2,1-5H3. The maximum atomic E-state index is 5.25. The molecule has 0 bridgehead atoms. The molecule has 1 atom stereocenters. The highest BCUT2D eigenvalue weighted by Crippen LogP contribution is 2.47. The molecular weight excluding hydrogens is 326 g/mol. The van der Waals surface area contributed by atoms with Gasteiger partial charge in [0.2, 0.25) is 0 Å². The number of nitrogens with zero attached hydrogens (tertiary/aromatic N) is 1. The quantitative estimate of drug-likeness (QED) is 0.529. The zero-order valence-corrected chi connectivity index (χ0v) is 18.1. The highest BCUT2D eigenvalue weighted by Gasteiger charge is 2.37. The lowest BCUT2D eigenvalue weighted by Gasteiger charge is -2.42. The van der Waals surface area contributed by atoms with Gasteiger partial charge in [0.05, 0.1) is 5.70 Å². The predicted octanol–water partition coefficient (Wildman–Crippen LogP) is 7.44. The van der Waals surface area contributed by atoms with Crippen molar-refractivity contribution in [3.8, 4) is 0 Å². The minimum atomic E-state index is 0.264. The Hall–Kier alpha value is -1.37. The number of fused-ring (bicyclic) bond motifs is 1. The second kappa shape index (κ2) is 6.90. The first-order valence-corrected chi connectivity index (χ1v) is 11.3. The molecule has 1 heteroatoms. The van der Waals surface area contributed by atoms with Crippen molar-refractivity contribution in [2.75, 3.05) is 0 Å². The van der Waals surface area contributed by atoms with E-state index in [4.69, 9.17) is 4.99 Å². The maximum Gasteiger partial charge on any atom is 0.0668 e. The molecule has 1 unspecified atom stereocenters. The molecule has 0 N–H and O–H groups in total. The fourth-order valence-corrected chi connectivity index (χ4v) is 5.56. The van der Waals surface area contributed by atoms with Gasteiger partial charge in [0, 0.05) is 17.2 Å². The molecule has 2 aliphatic carbocycles. The second-order valence-electron chi connectivity index (χ2n) is 10.5. The molecule has 0 radical (unpaired) electrons. The highest BCUT2D eigenvalue weighted by atomic mass is 14.8. The fourth-order valence-electron chi connectivity index (χ4n) is 5.56. The molecule has 146 valence electrons. The van der Waals surface area contributed by atoms with Crippen LogP contribution >= 0.6 is 0 Å². The van der Waals surface area contributed by atoms with E-state index in [1.807, 2.05) is 0 Å². The minimum Gasteiger partial charge on any atom is -0.257 e. The molecule has 1 heterocycles. The van der Waals surface area contributed by atoms with Crippen molar-refractivity contribution in [1.82, 2.24) is 0 Å². The Kier molecular flexibility index (Phi) is 4.85. The molecule has 1 aromatic carbocycles. The third kappa shape index (κ3) is 3.43. The molecule has 0 aromatic heterocycles. The van der Waals surface area contributed by atoms with Gasteiger partial charge in [0.25, 0.3) is 0 Å². The SMILES string of the molecule is CCC1C=C(c2ccc3c(c2)C(C)(C)CCC3(C)C)N=C1C1CCCCC1. The third-order valence-electron chi connectivity index (χ3n) is 7.60. The Morgan fingerprint density at radius 1 is 0.926 bits per heavy atom. The normalized spacial score (nSPS) is 27.1. The van der Waals surface area contributed by atoms with Gasteiger partial charge >= 0.3 is 0 Å². The number of hydrogen-bond donors (Lipinski definition) is 0. The van der Waals surface area contributed by atoms with E-state index in [9.17, 15) is 0 Å². The van der Waals surface area contributed by atoms with Gasteiger partial charge in [0.1, 0.15) is 0 Å². The number of hydrogen-bond acceptors (Lipinski definition) is 1. The summed E-state index contributed by atoms with van der Waals surface area (Å²) in [6.45, 7) is 12.0. The second-order valence-corrected chi connectivity index (χ2v) is 10.5. The van der Waals surface area contributed by atoms with Crippen molar-refractivity contribution >= 4 is 11.4 Å². The fraction of sp³-hybridized carbons (Fsp3) is 0.654. The molecule has 0 spiro atoms. The Bertz CT molecular complexity index is 771. The van der Waals surface area contributed by atoms with Crippen molar-refractivity contribution in [3.05, 3.63) is 41.0 Å². The summed E-state index contributed by atoms with van der Waals surface area (Å²) in [6.07, 6.45) is 13.1. The molecular formula is C26H37N. The van der Waals surface area contributed by atoms with Gasteiger partial charge in [-0.3, -0.25) is 4.99 Å². The van der Waals surface area contributed by atoms with Gasteiger partial charge in [0.15, 0.2) is 0 Å². The van der Waals surface area contributed by atoms with Crippen molar-refractivity contribution in [2.45, 2.75) is 96.8 Å². The largest absolute Gasteiger partial charge is 0.257 e. The molecule has 27 heavy (non-hydrogen) atoms. The summed E-state index contributed by atoms with van der Waals surface area (Å²) >= 11 is 0. The van der Waals surface area contributed by atoms with Gasteiger partial charge in [-0.15, -0.1) is 0 Å². The van der Waals surface area contributed by atoms with Gasteiger partial charge in [-0.2, -0.15) is 0 Å². The minimum absolute atomic E-state index is 0.264. The first-order valence-electron chi connectivity index (χ1n) is 11.3. The Morgan fingerprint density at radius 2 is 1.59 bits per heavy atom. The molecule has 3 aliphatic rings. The van der Waals surface area contributed by atoms with Crippen molar-refractivity contribution < 1.29 is 0 Å². The van der Waals surface area contributed by atoms with E-state index in [-0.39, 0.29) is 10.8 Å². The van der Waals surface area contributed by atoms with E-state index < -0.39 is 0 Å². The van der Waals surface area contributed by atoms with Crippen LogP contribution in [0.25, 0.3) is 5.70 Å². The average Bonchev–Trinajstić information content (AvgIpc) is 3.10. The summed E-state index contributed by atoms with van der Waals surface area (Å²) < 4.78 is 0. The monoisotopic (exact) mass is 363 g/mol. The number of aliphatic imine (C=N–C) groups is 1. The predicted molar refractivity (Wildman–Crippen MR) is 117 cm³/mol. The molecule has 4 rings (SSSR count). The van der Waals surface area contributed by atoms with Crippen LogP contribution in [0.1, 0.15) is 103 Å². The Balaban J connectivity index is 1.70. The van der Waals surface area contributed by atoms with Crippen molar-refractivity contribution in [2.24, 2.45) is 16.8 Å². The number of benzene rings is 1. The molecule has 0 amide bonds. The molecule has 1 nitrogen and oxygen atoms in total. The summed E-state index contributed by atoms with van der Waals surface area (Å²) in [5, 5.41) is 0. The van der Waals surface area contributed by atoms with Crippen molar-refractivity contribution in [3.63, 3.8) is 0 Å². The average molecular weight is 364 g/mol. The first kappa shape index (κ1) is 19.0. The van der Waals surface area contributed by atoms with Gasteiger partial charge in [-0.1, -0.05) is 66.0 Å². The Labute approximate surface area is 166 Å². The van der Waals surface area contributed by atoms with Crippen molar-refractivity contribution in [1.29, 1.82) is 0 Å². The smallest absolute Gasteiger partial charge is 0.0668 e. The number of allylic oxidation sites excluding steroid dienone is 1. The van der Waals surface area contributed by atoms with Crippen LogP contribution in [-0.4, -0.2) is 5.71 Å². The first-order chi connectivity index (χ1) is 12.8. The molecule has 1 aromatic rings. The highest BCUT2D eigenvalue weighted by molar-refractivity contribution is 5.99. The van der Waals surface area contributed by atoms with E-state index in [1.54, 1.807) is 11.1 Å². The van der Waals surface area contributed by atoms with E-state index in [1.165, 1.54) is 68.3 Å². The zero-order chi connectivity index (χ0) is 19.2. The Morgan fingerprint density at radius 3 is 2.26 bits per heavy atom. The molecule has 0 saturated heterocycles. The summed E-state index contributed by atoms with van der Waals surface area (Å²) in [5.41, 5.74) is 7.71. The van der Waals surface area contributed by atoms with Gasteiger partial charge in [-0.25, -0.2) is 0 Å². The van der Waals surface area contributed by atoms with E-state index in [0.717, 1.165) is 5.92 Å².